The van der Waals surface area contributed by atoms with Crippen LogP contribution in [0.15, 0.2) is 28.9 Å². The zero-order valence-electron chi connectivity index (χ0n) is 8.12. The van der Waals surface area contributed by atoms with Gasteiger partial charge in [-0.25, -0.2) is 0 Å². The number of halogens is 4. The largest absolute Gasteiger partial charge is 0.573 e. The van der Waals surface area contributed by atoms with E-state index in [0.29, 0.717) is 11.3 Å². The topological polar surface area (TPSA) is 50.8 Å². The zero-order chi connectivity index (χ0) is 12.5. The van der Waals surface area contributed by atoms with Crippen molar-refractivity contribution in [1.82, 2.24) is 15.4 Å². The van der Waals surface area contributed by atoms with Crippen LogP contribution in [0.1, 0.15) is 0 Å². The maximum atomic E-state index is 12.0. The van der Waals surface area contributed by atoms with Gasteiger partial charge in [0.1, 0.15) is 11.4 Å². The van der Waals surface area contributed by atoms with Crippen molar-refractivity contribution in [2.45, 2.75) is 6.36 Å². The van der Waals surface area contributed by atoms with Crippen LogP contribution < -0.4 is 4.74 Å². The lowest BCUT2D eigenvalue weighted by molar-refractivity contribution is -0.274. The van der Waals surface area contributed by atoms with E-state index in [1.807, 2.05) is 0 Å². The van der Waals surface area contributed by atoms with E-state index in [-0.39, 0.29) is 10.2 Å². The Morgan fingerprint density at radius 2 is 2.06 bits per heavy atom. The summed E-state index contributed by atoms with van der Waals surface area (Å²) < 4.78 is 40.1. The van der Waals surface area contributed by atoms with E-state index in [0.717, 1.165) is 0 Å². The standard InChI is InChI=1S/C9H5BrF3N3O/c10-6-3-5(7-4-14-16-15-7)1-2-8(6)17-9(11,12)13/h1-4H,(H,14,15,16). The smallest absolute Gasteiger partial charge is 0.405 e. The van der Waals surface area contributed by atoms with Gasteiger partial charge in [0.15, 0.2) is 0 Å². The van der Waals surface area contributed by atoms with Gasteiger partial charge in [-0.3, -0.25) is 0 Å². The summed E-state index contributed by atoms with van der Waals surface area (Å²) in [4.78, 5) is 0. The van der Waals surface area contributed by atoms with Gasteiger partial charge in [0.05, 0.1) is 10.7 Å². The number of hydrogen-bond acceptors (Lipinski definition) is 3. The van der Waals surface area contributed by atoms with Crippen molar-refractivity contribution in [3.63, 3.8) is 0 Å². The highest BCUT2D eigenvalue weighted by Crippen LogP contribution is 2.33. The number of H-pyrrole nitrogens is 1. The summed E-state index contributed by atoms with van der Waals surface area (Å²) in [6.45, 7) is 0. The van der Waals surface area contributed by atoms with E-state index in [1.165, 1.54) is 24.4 Å². The van der Waals surface area contributed by atoms with Crippen molar-refractivity contribution < 1.29 is 17.9 Å². The molecule has 2 aromatic rings. The molecule has 0 radical (unpaired) electrons. The fraction of sp³-hybridized carbons (Fsp3) is 0.111. The van der Waals surface area contributed by atoms with Crippen molar-refractivity contribution in [2.24, 2.45) is 0 Å². The molecule has 8 heteroatoms. The molecule has 0 spiro atoms. The van der Waals surface area contributed by atoms with E-state index in [2.05, 4.69) is 36.1 Å². The first-order chi connectivity index (χ1) is 7.96. The molecule has 4 nitrogen and oxygen atoms in total. The normalized spacial score (nSPS) is 11.5. The molecule has 0 unspecified atom stereocenters. The number of rotatable bonds is 2. The van der Waals surface area contributed by atoms with Gasteiger partial charge in [0.25, 0.3) is 0 Å². The molecule has 0 amide bonds. The summed E-state index contributed by atoms with van der Waals surface area (Å²) in [7, 11) is 0. The predicted octanol–water partition coefficient (Wildman–Crippen LogP) is 3.13. The van der Waals surface area contributed by atoms with Gasteiger partial charge in [-0.1, -0.05) is 0 Å². The van der Waals surface area contributed by atoms with Crippen molar-refractivity contribution in [3.8, 4) is 17.0 Å². The van der Waals surface area contributed by atoms with Gasteiger partial charge < -0.3 is 4.74 Å². The lowest BCUT2D eigenvalue weighted by Gasteiger charge is -2.10. The molecule has 0 bridgehead atoms. The van der Waals surface area contributed by atoms with Gasteiger partial charge in [-0.2, -0.15) is 15.4 Å². The number of nitrogens with one attached hydrogen (secondary N) is 1. The summed E-state index contributed by atoms with van der Waals surface area (Å²) in [6, 6.07) is 4.14. The Morgan fingerprint density at radius 3 is 2.59 bits per heavy atom. The third-order valence-corrected chi connectivity index (χ3v) is 2.49. The van der Waals surface area contributed by atoms with Crippen LogP contribution in [0.2, 0.25) is 0 Å². The fourth-order valence-corrected chi connectivity index (χ4v) is 1.67. The predicted molar refractivity (Wildman–Crippen MR) is 56.2 cm³/mol. The molecule has 1 aromatic heterocycles. The van der Waals surface area contributed by atoms with E-state index in [4.69, 9.17) is 0 Å². The van der Waals surface area contributed by atoms with Gasteiger partial charge >= 0.3 is 6.36 Å². The first-order valence-electron chi connectivity index (χ1n) is 4.37. The van der Waals surface area contributed by atoms with Crippen LogP contribution in [-0.2, 0) is 0 Å². The van der Waals surface area contributed by atoms with Crippen molar-refractivity contribution in [3.05, 3.63) is 28.9 Å². The Bertz CT molecular complexity index is 513. The number of hydrogen-bond donors (Lipinski definition) is 1. The molecule has 0 fully saturated rings. The Labute approximate surface area is 102 Å². The minimum Gasteiger partial charge on any atom is -0.405 e. The van der Waals surface area contributed by atoms with Crippen LogP contribution in [0.5, 0.6) is 5.75 Å². The second-order valence-electron chi connectivity index (χ2n) is 3.05. The number of aromatic amines is 1. The molecular weight excluding hydrogens is 303 g/mol. The number of benzene rings is 1. The highest BCUT2D eigenvalue weighted by Gasteiger charge is 2.31. The summed E-state index contributed by atoms with van der Waals surface area (Å²) in [5.74, 6) is -0.301. The van der Waals surface area contributed by atoms with E-state index >= 15 is 0 Å². The Balaban J connectivity index is 2.29. The van der Waals surface area contributed by atoms with Crippen LogP contribution in [0.4, 0.5) is 13.2 Å². The van der Waals surface area contributed by atoms with Gasteiger partial charge in [-0.15, -0.1) is 13.2 Å². The first-order valence-corrected chi connectivity index (χ1v) is 5.16. The Morgan fingerprint density at radius 1 is 1.29 bits per heavy atom. The summed E-state index contributed by atoms with van der Waals surface area (Å²) in [6.07, 6.45) is -3.25. The summed E-state index contributed by atoms with van der Waals surface area (Å²) in [5, 5.41) is 9.83. The molecule has 90 valence electrons. The van der Waals surface area contributed by atoms with E-state index in [9.17, 15) is 13.2 Å². The van der Waals surface area contributed by atoms with Crippen LogP contribution >= 0.6 is 15.9 Å². The second-order valence-corrected chi connectivity index (χ2v) is 3.90. The second kappa shape index (κ2) is 4.36. The summed E-state index contributed by atoms with van der Waals surface area (Å²) >= 11 is 3.00. The molecule has 0 aliphatic rings. The molecule has 0 aliphatic carbocycles. The maximum Gasteiger partial charge on any atom is 0.573 e. The number of nitrogens with zero attached hydrogens (tertiary/aromatic N) is 2. The van der Waals surface area contributed by atoms with Crippen LogP contribution in [0, 0.1) is 0 Å². The average molecular weight is 308 g/mol. The monoisotopic (exact) mass is 307 g/mol. The highest BCUT2D eigenvalue weighted by molar-refractivity contribution is 9.10. The summed E-state index contributed by atoms with van der Waals surface area (Å²) in [5.41, 5.74) is 1.16. The molecule has 0 atom stereocenters. The van der Waals surface area contributed by atoms with E-state index < -0.39 is 6.36 Å². The number of ether oxygens (including phenoxy) is 1. The van der Waals surface area contributed by atoms with Gasteiger partial charge in [0.2, 0.25) is 0 Å². The molecule has 0 aliphatic heterocycles. The average Bonchev–Trinajstić information content (AvgIpc) is 2.72. The van der Waals surface area contributed by atoms with E-state index in [1.54, 1.807) is 0 Å². The minimum atomic E-state index is -4.71. The number of alkyl halides is 3. The molecule has 0 saturated carbocycles. The van der Waals surface area contributed by atoms with Crippen LogP contribution in [-0.4, -0.2) is 21.8 Å². The Hall–Kier alpha value is -1.57. The zero-order valence-corrected chi connectivity index (χ0v) is 9.71. The minimum absolute atomic E-state index is 0.190. The third-order valence-electron chi connectivity index (χ3n) is 1.87. The van der Waals surface area contributed by atoms with Gasteiger partial charge in [-0.05, 0) is 34.1 Å². The quantitative estimate of drug-likeness (QED) is 0.927. The molecule has 1 aromatic carbocycles. The van der Waals surface area contributed by atoms with Crippen LogP contribution in [0.3, 0.4) is 0 Å². The molecule has 1 N–H and O–H groups in total. The molecule has 0 saturated heterocycles. The molecule has 17 heavy (non-hydrogen) atoms. The SMILES string of the molecule is FC(F)(F)Oc1ccc(-c2cn[nH]n2)cc1Br. The van der Waals surface area contributed by atoms with Crippen molar-refractivity contribution in [2.75, 3.05) is 0 Å². The maximum absolute atomic E-state index is 12.0. The lowest BCUT2D eigenvalue weighted by Crippen LogP contribution is -2.17. The third kappa shape index (κ3) is 2.96. The molecule has 1 heterocycles. The highest BCUT2D eigenvalue weighted by atomic mass is 79.9. The van der Waals surface area contributed by atoms with Crippen molar-refractivity contribution in [1.29, 1.82) is 0 Å². The van der Waals surface area contributed by atoms with Gasteiger partial charge in [0, 0.05) is 5.56 Å². The molecular formula is C9H5BrF3N3O. The van der Waals surface area contributed by atoms with Crippen molar-refractivity contribution >= 4 is 15.9 Å². The van der Waals surface area contributed by atoms with Crippen LogP contribution in [0.25, 0.3) is 11.3 Å². The first kappa shape index (κ1) is 11.9. The Kier molecular flexibility index (Phi) is 3.05. The molecule has 2 rings (SSSR count). The lowest BCUT2D eigenvalue weighted by atomic mass is 10.2. The number of aromatic nitrogens is 3. The fourth-order valence-electron chi connectivity index (χ4n) is 1.21.